The van der Waals surface area contributed by atoms with E-state index in [1.54, 1.807) is 18.4 Å². The van der Waals surface area contributed by atoms with Gasteiger partial charge in [0.25, 0.3) is 5.56 Å². The number of nitrogens with one attached hydrogen (secondary N) is 1. The molecule has 0 saturated carbocycles. The van der Waals surface area contributed by atoms with Crippen LogP contribution in [-0.2, 0) is 19.4 Å². The van der Waals surface area contributed by atoms with Crippen molar-refractivity contribution in [3.05, 3.63) is 87.0 Å². The molecular weight excluding hydrogens is 456 g/mol. The minimum absolute atomic E-state index is 0.0559. The van der Waals surface area contributed by atoms with Gasteiger partial charge in [-0.3, -0.25) is 4.79 Å². The first kappa shape index (κ1) is 21.9. The molecule has 2 aromatic heterocycles. The summed E-state index contributed by atoms with van der Waals surface area (Å²) in [5.41, 5.74) is 3.06. The van der Waals surface area contributed by atoms with Crippen LogP contribution in [0.5, 0.6) is 11.5 Å². The van der Waals surface area contributed by atoms with Crippen molar-refractivity contribution in [3.63, 3.8) is 0 Å². The number of rotatable bonds is 5. The van der Waals surface area contributed by atoms with Gasteiger partial charge >= 0.3 is 0 Å². The second-order valence-electron chi connectivity index (χ2n) is 8.95. The molecular formula is C29H26N2O3S. The van der Waals surface area contributed by atoms with Gasteiger partial charge in [0.15, 0.2) is 11.5 Å². The van der Waals surface area contributed by atoms with E-state index in [4.69, 9.17) is 14.5 Å². The summed E-state index contributed by atoms with van der Waals surface area (Å²) >= 11 is 1.67. The lowest BCUT2D eigenvalue weighted by atomic mass is 10.1. The summed E-state index contributed by atoms with van der Waals surface area (Å²) in [5, 5.41) is 3.14. The molecule has 0 spiro atoms. The minimum Gasteiger partial charge on any atom is -0.493 e. The van der Waals surface area contributed by atoms with Gasteiger partial charge in [-0.1, -0.05) is 48.9 Å². The molecule has 6 heteroatoms. The van der Waals surface area contributed by atoms with Crippen molar-refractivity contribution >= 4 is 32.3 Å². The third kappa shape index (κ3) is 4.08. The van der Waals surface area contributed by atoms with Gasteiger partial charge in [0.1, 0.15) is 17.3 Å². The Morgan fingerprint density at radius 3 is 2.74 bits per heavy atom. The van der Waals surface area contributed by atoms with Crippen molar-refractivity contribution in [2.75, 3.05) is 7.11 Å². The summed E-state index contributed by atoms with van der Waals surface area (Å²) in [5.74, 6) is 1.81. The molecule has 0 bridgehead atoms. The Morgan fingerprint density at radius 1 is 0.971 bits per heavy atom. The molecule has 0 amide bonds. The van der Waals surface area contributed by atoms with E-state index >= 15 is 0 Å². The maximum absolute atomic E-state index is 13.1. The molecule has 0 aliphatic heterocycles. The molecule has 35 heavy (non-hydrogen) atoms. The minimum atomic E-state index is -0.0559. The number of benzene rings is 3. The van der Waals surface area contributed by atoms with Crippen molar-refractivity contribution < 1.29 is 9.47 Å². The maximum Gasteiger partial charge on any atom is 0.260 e. The number of nitrogens with zero attached hydrogens (tertiary/aromatic N) is 1. The molecule has 0 fully saturated rings. The zero-order valence-electron chi connectivity index (χ0n) is 19.6. The number of H-pyrrole nitrogens is 1. The van der Waals surface area contributed by atoms with Crippen LogP contribution in [-0.4, -0.2) is 17.1 Å². The first-order valence-corrected chi connectivity index (χ1v) is 12.9. The fourth-order valence-corrected chi connectivity index (χ4v) is 6.25. The summed E-state index contributed by atoms with van der Waals surface area (Å²) < 4.78 is 11.8. The van der Waals surface area contributed by atoms with Crippen molar-refractivity contribution in [2.24, 2.45) is 0 Å². The fourth-order valence-electron chi connectivity index (χ4n) is 4.99. The Balaban J connectivity index is 1.31. The lowest BCUT2D eigenvalue weighted by molar-refractivity contribution is 0.286. The number of aromatic nitrogens is 2. The number of hydrogen-bond acceptors (Lipinski definition) is 5. The molecule has 3 aromatic carbocycles. The van der Waals surface area contributed by atoms with E-state index in [9.17, 15) is 4.79 Å². The third-order valence-electron chi connectivity index (χ3n) is 6.78. The summed E-state index contributed by atoms with van der Waals surface area (Å²) in [6.07, 6.45) is 5.55. The SMILES string of the molecule is COc1cc(-c2nc3sc4c(c3c(=O)[nH]2)CCCCC4)ccc1OCc1cccc2ccccc12. The molecule has 1 N–H and O–H groups in total. The standard InChI is InChI=1S/C29H26N2O3S/c1-33-24-16-19(14-15-23(24)34-17-20-10-7-9-18-8-5-6-11-21(18)20)27-30-28(32)26-22-12-3-2-4-13-25(22)35-29(26)31-27/h5-11,14-16H,2-4,12-13,17H2,1H3,(H,30,31,32). The monoisotopic (exact) mass is 482 g/mol. The van der Waals surface area contributed by atoms with Crippen LogP contribution in [0.3, 0.4) is 0 Å². The average molecular weight is 483 g/mol. The van der Waals surface area contributed by atoms with Gasteiger partial charge in [-0.25, -0.2) is 4.98 Å². The van der Waals surface area contributed by atoms with Crippen LogP contribution in [0.2, 0.25) is 0 Å². The number of fused-ring (bicyclic) bond motifs is 4. The van der Waals surface area contributed by atoms with E-state index in [0.717, 1.165) is 40.6 Å². The molecule has 2 heterocycles. The highest BCUT2D eigenvalue weighted by molar-refractivity contribution is 7.18. The number of thiophene rings is 1. The normalized spacial score (nSPS) is 13.5. The molecule has 176 valence electrons. The van der Waals surface area contributed by atoms with Crippen LogP contribution in [0.15, 0.2) is 65.5 Å². The van der Waals surface area contributed by atoms with Gasteiger partial charge in [0.2, 0.25) is 0 Å². The molecule has 0 atom stereocenters. The van der Waals surface area contributed by atoms with Gasteiger partial charge < -0.3 is 14.5 Å². The van der Waals surface area contributed by atoms with E-state index < -0.39 is 0 Å². The first-order valence-electron chi connectivity index (χ1n) is 12.0. The molecule has 0 unspecified atom stereocenters. The van der Waals surface area contributed by atoms with Gasteiger partial charge in [-0.15, -0.1) is 11.3 Å². The highest BCUT2D eigenvalue weighted by atomic mass is 32.1. The third-order valence-corrected chi connectivity index (χ3v) is 7.96. The Kier molecular flexibility index (Phi) is 5.74. The average Bonchev–Trinajstić information content (AvgIpc) is 3.09. The highest BCUT2D eigenvalue weighted by Crippen LogP contribution is 2.36. The van der Waals surface area contributed by atoms with Crippen LogP contribution < -0.4 is 15.0 Å². The van der Waals surface area contributed by atoms with Crippen LogP contribution in [0.4, 0.5) is 0 Å². The van der Waals surface area contributed by atoms with E-state index in [-0.39, 0.29) is 5.56 Å². The Bertz CT molecular complexity index is 1600. The van der Waals surface area contributed by atoms with E-state index in [1.165, 1.54) is 34.1 Å². The Labute approximate surface area is 207 Å². The van der Waals surface area contributed by atoms with E-state index in [0.29, 0.717) is 23.9 Å². The molecule has 0 saturated heterocycles. The summed E-state index contributed by atoms with van der Waals surface area (Å²) in [4.78, 5) is 23.1. The van der Waals surface area contributed by atoms with E-state index in [1.807, 2.05) is 36.4 Å². The topological polar surface area (TPSA) is 64.2 Å². The smallest absolute Gasteiger partial charge is 0.260 e. The summed E-state index contributed by atoms with van der Waals surface area (Å²) in [6.45, 7) is 0.429. The molecule has 6 rings (SSSR count). The number of methoxy groups -OCH3 is 1. The number of hydrogen-bond donors (Lipinski definition) is 1. The van der Waals surface area contributed by atoms with Crippen LogP contribution >= 0.6 is 11.3 Å². The van der Waals surface area contributed by atoms with Crippen molar-refractivity contribution in [1.29, 1.82) is 0 Å². The van der Waals surface area contributed by atoms with Crippen molar-refractivity contribution in [2.45, 2.75) is 38.7 Å². The zero-order chi connectivity index (χ0) is 23.8. The predicted molar refractivity (Wildman–Crippen MR) is 142 cm³/mol. The summed E-state index contributed by atoms with van der Waals surface area (Å²) in [6, 6.07) is 20.2. The number of ether oxygens (including phenoxy) is 2. The summed E-state index contributed by atoms with van der Waals surface area (Å²) in [7, 11) is 1.62. The molecule has 5 nitrogen and oxygen atoms in total. The zero-order valence-corrected chi connectivity index (χ0v) is 20.4. The fraction of sp³-hybridized carbons (Fsp3) is 0.241. The van der Waals surface area contributed by atoms with Crippen molar-refractivity contribution in [3.8, 4) is 22.9 Å². The van der Waals surface area contributed by atoms with Crippen molar-refractivity contribution in [1.82, 2.24) is 9.97 Å². The Hall–Kier alpha value is -3.64. The molecule has 1 aliphatic carbocycles. The Morgan fingerprint density at radius 2 is 1.83 bits per heavy atom. The molecule has 0 radical (unpaired) electrons. The number of aryl methyl sites for hydroxylation is 2. The lowest BCUT2D eigenvalue weighted by Crippen LogP contribution is -2.10. The largest absolute Gasteiger partial charge is 0.493 e. The second kappa shape index (κ2) is 9.19. The maximum atomic E-state index is 13.1. The van der Waals surface area contributed by atoms with Gasteiger partial charge in [-0.05, 0) is 65.8 Å². The highest BCUT2D eigenvalue weighted by Gasteiger charge is 2.20. The first-order chi connectivity index (χ1) is 17.2. The van der Waals surface area contributed by atoms with Crippen LogP contribution in [0, 0.1) is 0 Å². The number of aromatic amines is 1. The van der Waals surface area contributed by atoms with Gasteiger partial charge in [-0.2, -0.15) is 0 Å². The predicted octanol–water partition coefficient (Wildman–Crippen LogP) is 6.66. The van der Waals surface area contributed by atoms with Gasteiger partial charge in [0, 0.05) is 10.4 Å². The van der Waals surface area contributed by atoms with Gasteiger partial charge in [0.05, 0.1) is 12.5 Å². The van der Waals surface area contributed by atoms with E-state index in [2.05, 4.69) is 29.2 Å². The van der Waals surface area contributed by atoms with Crippen LogP contribution in [0.1, 0.15) is 35.3 Å². The van der Waals surface area contributed by atoms with Crippen LogP contribution in [0.25, 0.3) is 32.4 Å². The molecule has 5 aromatic rings. The lowest BCUT2D eigenvalue weighted by Gasteiger charge is -2.13. The quantitative estimate of drug-likeness (QED) is 0.285. The second-order valence-corrected chi connectivity index (χ2v) is 10.0. The molecule has 1 aliphatic rings.